The van der Waals surface area contributed by atoms with Crippen LogP contribution < -0.4 is 21.3 Å². The largest absolute Gasteiger partial charge is 0.330 e. The number of anilines is 2. The third-order valence-electron chi connectivity index (χ3n) is 5.76. The van der Waals surface area contributed by atoms with E-state index < -0.39 is 0 Å². The molecule has 2 aromatic carbocycles. The first-order valence-electron chi connectivity index (χ1n) is 10.4. The van der Waals surface area contributed by atoms with Gasteiger partial charge < -0.3 is 20.9 Å². The van der Waals surface area contributed by atoms with Crippen molar-refractivity contribution in [1.82, 2.24) is 9.55 Å². The number of hydrogen-bond acceptors (Lipinski definition) is 7. The molecule has 0 spiro atoms. The Kier molecular flexibility index (Phi) is 5.69. The van der Waals surface area contributed by atoms with Gasteiger partial charge in [-0.2, -0.15) is 0 Å². The molecule has 0 amide bonds. The molecule has 0 fully saturated rings. The summed E-state index contributed by atoms with van der Waals surface area (Å²) >= 11 is 7.70. The zero-order chi connectivity index (χ0) is 22.2. The van der Waals surface area contributed by atoms with Gasteiger partial charge in [0.1, 0.15) is 17.5 Å². The Morgan fingerprint density at radius 1 is 1.12 bits per heavy atom. The Hall–Kier alpha value is -2.78. The van der Waals surface area contributed by atoms with Gasteiger partial charge in [-0.25, -0.2) is 9.98 Å². The highest BCUT2D eigenvalue weighted by molar-refractivity contribution is 8.04. The molecule has 2 aliphatic rings. The Morgan fingerprint density at radius 2 is 1.94 bits per heavy atom. The van der Waals surface area contributed by atoms with Crippen LogP contribution in [0.25, 0.3) is 0 Å². The van der Waals surface area contributed by atoms with Crippen LogP contribution in [0.3, 0.4) is 0 Å². The van der Waals surface area contributed by atoms with Crippen molar-refractivity contribution in [2.24, 2.45) is 16.5 Å². The van der Waals surface area contributed by atoms with Crippen molar-refractivity contribution in [2.75, 3.05) is 9.80 Å². The number of aliphatic imine (C=N–C) groups is 1. The van der Waals surface area contributed by atoms with E-state index in [0.717, 1.165) is 28.5 Å². The van der Waals surface area contributed by atoms with Crippen molar-refractivity contribution in [3.05, 3.63) is 88.6 Å². The number of nitrogens with zero attached hydrogens (tertiary/aromatic N) is 5. The highest BCUT2D eigenvalue weighted by Gasteiger charge is 2.38. The van der Waals surface area contributed by atoms with Crippen molar-refractivity contribution in [1.29, 1.82) is 0 Å². The molecule has 164 valence electrons. The van der Waals surface area contributed by atoms with Gasteiger partial charge in [0.2, 0.25) is 0 Å². The lowest BCUT2D eigenvalue weighted by molar-refractivity contribution is 0.566. The first-order valence-corrected chi connectivity index (χ1v) is 11.7. The summed E-state index contributed by atoms with van der Waals surface area (Å²) in [6.45, 7) is 2.17. The predicted octanol–water partition coefficient (Wildman–Crippen LogP) is 4.33. The van der Waals surface area contributed by atoms with Crippen LogP contribution in [0.5, 0.6) is 0 Å². The maximum atomic E-state index is 6.61. The van der Waals surface area contributed by atoms with E-state index in [1.807, 2.05) is 52.8 Å². The lowest BCUT2D eigenvalue weighted by Crippen LogP contribution is -2.44. The van der Waals surface area contributed by atoms with E-state index in [0.29, 0.717) is 5.02 Å². The van der Waals surface area contributed by atoms with Crippen LogP contribution in [-0.4, -0.2) is 27.6 Å². The summed E-state index contributed by atoms with van der Waals surface area (Å²) in [5, 5.41) is 0.654. The summed E-state index contributed by atoms with van der Waals surface area (Å²) in [5.41, 5.74) is 15.9. The first kappa shape index (κ1) is 21.1. The third kappa shape index (κ3) is 3.69. The van der Waals surface area contributed by atoms with Crippen LogP contribution in [0, 0.1) is 0 Å². The van der Waals surface area contributed by atoms with Crippen LogP contribution in [0.15, 0.2) is 83.0 Å². The van der Waals surface area contributed by atoms with Gasteiger partial charge in [-0.15, -0.1) is 0 Å². The predicted molar refractivity (Wildman–Crippen MR) is 133 cm³/mol. The fourth-order valence-corrected chi connectivity index (χ4v) is 5.46. The maximum absolute atomic E-state index is 6.61. The van der Waals surface area contributed by atoms with Gasteiger partial charge >= 0.3 is 0 Å². The minimum atomic E-state index is -0.382. The number of aromatic nitrogens is 2. The molecule has 7 nitrogen and oxygen atoms in total. The van der Waals surface area contributed by atoms with Crippen molar-refractivity contribution in [3.63, 3.8) is 0 Å². The van der Waals surface area contributed by atoms with Crippen molar-refractivity contribution in [2.45, 2.75) is 31.0 Å². The van der Waals surface area contributed by atoms with E-state index in [-0.39, 0.29) is 17.7 Å². The topological polar surface area (TPSA) is 88.7 Å². The molecule has 32 heavy (non-hydrogen) atoms. The van der Waals surface area contributed by atoms with E-state index in [2.05, 4.69) is 40.7 Å². The SMILES string of the molecule is CCC(c1ccc(N2C3=C(SC2N)C(N)N(c2cccc(Cl)c2)C=N3)cc1)n1ccnc1. The number of halogens is 1. The van der Waals surface area contributed by atoms with Gasteiger partial charge in [0.25, 0.3) is 0 Å². The van der Waals surface area contributed by atoms with Crippen molar-refractivity contribution < 1.29 is 0 Å². The third-order valence-corrected chi connectivity index (χ3v) is 7.12. The molecule has 2 aliphatic heterocycles. The molecule has 5 rings (SSSR count). The van der Waals surface area contributed by atoms with Gasteiger partial charge in [-0.1, -0.05) is 48.5 Å². The van der Waals surface area contributed by atoms with Crippen molar-refractivity contribution in [3.8, 4) is 0 Å². The number of rotatable bonds is 5. The van der Waals surface area contributed by atoms with E-state index in [9.17, 15) is 0 Å². The van der Waals surface area contributed by atoms with E-state index in [1.165, 1.54) is 17.3 Å². The molecule has 4 N–H and O–H groups in total. The molecule has 9 heteroatoms. The second-order valence-electron chi connectivity index (χ2n) is 7.67. The zero-order valence-corrected chi connectivity index (χ0v) is 19.1. The zero-order valence-electron chi connectivity index (χ0n) is 17.5. The van der Waals surface area contributed by atoms with E-state index >= 15 is 0 Å². The maximum Gasteiger partial charge on any atom is 0.150 e. The summed E-state index contributed by atoms with van der Waals surface area (Å²) < 4.78 is 2.13. The smallest absolute Gasteiger partial charge is 0.150 e. The number of thioether (sulfide) groups is 1. The van der Waals surface area contributed by atoms with Gasteiger partial charge in [-0.3, -0.25) is 4.90 Å². The minimum Gasteiger partial charge on any atom is -0.330 e. The molecule has 3 heterocycles. The van der Waals surface area contributed by atoms with Gasteiger partial charge in [0.05, 0.1) is 23.6 Å². The van der Waals surface area contributed by atoms with Crippen molar-refractivity contribution >= 4 is 41.1 Å². The minimum absolute atomic E-state index is 0.246. The average molecular weight is 466 g/mol. The molecular formula is C23H24ClN7S. The molecule has 0 saturated heterocycles. The summed E-state index contributed by atoms with van der Waals surface area (Å²) in [6, 6.07) is 16.3. The number of imidazole rings is 1. The second kappa shape index (κ2) is 8.63. The van der Waals surface area contributed by atoms with Gasteiger partial charge in [0, 0.05) is 28.8 Å². The first-order chi connectivity index (χ1) is 15.6. The van der Waals surface area contributed by atoms with Gasteiger partial charge in [0.15, 0.2) is 0 Å². The second-order valence-corrected chi connectivity index (χ2v) is 9.26. The van der Waals surface area contributed by atoms with Crippen LogP contribution >= 0.6 is 23.4 Å². The molecule has 3 unspecified atom stereocenters. The molecule has 3 aromatic rings. The average Bonchev–Trinajstić information content (AvgIpc) is 3.43. The normalized spacial score (nSPS) is 21.2. The monoisotopic (exact) mass is 465 g/mol. The number of nitrogens with two attached hydrogens (primary N) is 2. The number of hydrogen-bond donors (Lipinski definition) is 2. The number of benzene rings is 2. The molecular weight excluding hydrogens is 442 g/mol. The summed E-state index contributed by atoms with van der Waals surface area (Å²) in [7, 11) is 0. The van der Waals surface area contributed by atoms with E-state index in [1.54, 1.807) is 6.34 Å². The lowest BCUT2D eigenvalue weighted by atomic mass is 10.0. The van der Waals surface area contributed by atoms with E-state index in [4.69, 9.17) is 28.1 Å². The highest BCUT2D eigenvalue weighted by Crippen LogP contribution is 2.43. The summed E-state index contributed by atoms with van der Waals surface area (Å²) in [4.78, 5) is 13.8. The molecule has 0 radical (unpaired) electrons. The highest BCUT2D eigenvalue weighted by atomic mass is 35.5. The van der Waals surface area contributed by atoms with Crippen LogP contribution in [0.2, 0.25) is 5.02 Å². The lowest BCUT2D eigenvalue weighted by Gasteiger charge is -2.31. The molecule has 1 aromatic heterocycles. The van der Waals surface area contributed by atoms with Crippen LogP contribution in [0.4, 0.5) is 11.4 Å². The molecule has 0 aliphatic carbocycles. The van der Waals surface area contributed by atoms with Crippen LogP contribution in [-0.2, 0) is 0 Å². The molecule has 0 saturated carbocycles. The van der Waals surface area contributed by atoms with Gasteiger partial charge in [-0.05, 0) is 42.3 Å². The summed E-state index contributed by atoms with van der Waals surface area (Å²) in [5.74, 6) is 0.794. The fraction of sp³-hybridized carbons (Fsp3) is 0.217. The quantitative estimate of drug-likeness (QED) is 0.582. The Morgan fingerprint density at radius 3 is 2.62 bits per heavy atom. The van der Waals surface area contributed by atoms with Crippen LogP contribution in [0.1, 0.15) is 24.9 Å². The Balaban J connectivity index is 1.42. The molecule has 3 atom stereocenters. The molecule has 0 bridgehead atoms. The fourth-order valence-electron chi connectivity index (χ4n) is 4.18. The Labute approximate surface area is 196 Å². The Bertz CT molecular complexity index is 1160. The summed E-state index contributed by atoms with van der Waals surface area (Å²) in [6.07, 6.45) is 8.00. The standard InChI is InChI=1S/C23H24ClN7S/c1-2-19(29-11-10-27-13-29)15-6-8-17(9-7-15)31-22-20(32-23(31)26)21(25)30(14-28-22)18-5-3-4-16(24)12-18/h3-14,19,21,23H,2,25-26H2,1H3.